The van der Waals surface area contributed by atoms with Gasteiger partial charge in [0.2, 0.25) is 11.0 Å². The van der Waals surface area contributed by atoms with E-state index >= 15 is 0 Å². The molecule has 0 saturated carbocycles. The Hall–Kier alpha value is -3.93. The van der Waals surface area contributed by atoms with Gasteiger partial charge in [0.15, 0.2) is 0 Å². The molecule has 2 N–H and O–H groups in total. The van der Waals surface area contributed by atoms with Crippen molar-refractivity contribution < 1.29 is 29.1 Å². The first-order valence-corrected chi connectivity index (χ1v) is 9.79. The number of fused-ring (bicyclic) bond motifs is 2. The first kappa shape index (κ1) is 20.3. The number of carbonyl (C=O) groups is 2. The van der Waals surface area contributed by atoms with E-state index in [0.29, 0.717) is 33.2 Å². The van der Waals surface area contributed by atoms with Crippen molar-refractivity contribution in [3.8, 4) is 11.5 Å². The Balaban J connectivity index is 1.96. The number of hydrogen-bond donors (Lipinski definition) is 2. The van der Waals surface area contributed by atoms with Gasteiger partial charge in [-0.3, -0.25) is 0 Å². The number of carboxylic acid groups (broad SMARTS) is 1. The summed E-state index contributed by atoms with van der Waals surface area (Å²) in [5, 5.41) is 20.6. The van der Waals surface area contributed by atoms with Gasteiger partial charge in [-0.05, 0) is 62.2 Å². The van der Waals surface area contributed by atoms with Crippen LogP contribution in [0.3, 0.4) is 0 Å². The smallest absolute Gasteiger partial charge is 0.345 e. The van der Waals surface area contributed by atoms with Crippen molar-refractivity contribution >= 4 is 33.7 Å². The summed E-state index contributed by atoms with van der Waals surface area (Å²) in [4.78, 5) is 24.8. The number of rotatable bonds is 3. The van der Waals surface area contributed by atoms with Crippen molar-refractivity contribution in [2.75, 3.05) is 0 Å². The number of benzene rings is 3. The monoisotopic (exact) mass is 416 g/mol. The van der Waals surface area contributed by atoms with Crippen LogP contribution in [0, 0.1) is 20.8 Å². The molecule has 0 unspecified atom stereocenters. The fourth-order valence-electron chi connectivity index (χ4n) is 4.03. The van der Waals surface area contributed by atoms with E-state index in [9.17, 15) is 19.8 Å². The fraction of sp³-hybridized carbons (Fsp3) is 0.160. The molecule has 0 aliphatic carbocycles. The number of phenols is 1. The lowest BCUT2D eigenvalue weighted by Crippen LogP contribution is -2.31. The number of carbonyl (C=O) groups excluding carboxylic acids is 1. The maximum absolute atomic E-state index is 13.5. The van der Waals surface area contributed by atoms with E-state index in [4.69, 9.17) is 4.74 Å². The number of aromatic carboxylic acids is 1. The largest absolute Gasteiger partial charge is 0.508 e. The number of carboxylic acids is 1. The van der Waals surface area contributed by atoms with Crippen LogP contribution < -0.4 is 9.30 Å². The Morgan fingerprint density at radius 3 is 2.06 bits per heavy atom. The van der Waals surface area contributed by atoms with Gasteiger partial charge in [-0.2, -0.15) is 4.57 Å². The number of pyridine rings is 1. The Bertz CT molecular complexity index is 1320. The lowest BCUT2D eigenvalue weighted by molar-refractivity contribution is -0.617. The third-order valence-electron chi connectivity index (χ3n) is 5.50. The highest BCUT2D eigenvalue weighted by Gasteiger charge is 2.25. The molecule has 0 saturated heterocycles. The van der Waals surface area contributed by atoms with Gasteiger partial charge in [-0.15, -0.1) is 0 Å². The van der Waals surface area contributed by atoms with E-state index < -0.39 is 11.9 Å². The van der Waals surface area contributed by atoms with Crippen LogP contribution in [0.4, 0.5) is 0 Å². The zero-order valence-corrected chi connectivity index (χ0v) is 17.7. The Kier molecular flexibility index (Phi) is 4.85. The molecule has 0 radical (unpaired) electrons. The molecule has 0 aliphatic rings. The molecular weight excluding hydrogens is 394 g/mol. The van der Waals surface area contributed by atoms with Gasteiger partial charge >= 0.3 is 11.9 Å². The normalized spacial score (nSPS) is 11.1. The minimum atomic E-state index is -1.04. The van der Waals surface area contributed by atoms with Crippen molar-refractivity contribution in [2.45, 2.75) is 20.8 Å². The molecular formula is C25H22NO5+. The predicted molar refractivity (Wildman–Crippen MR) is 117 cm³/mol. The molecule has 0 bridgehead atoms. The van der Waals surface area contributed by atoms with Crippen LogP contribution in [-0.4, -0.2) is 22.2 Å². The lowest BCUT2D eigenvalue weighted by atomic mass is 10.00. The molecule has 4 rings (SSSR count). The molecule has 0 spiro atoms. The second kappa shape index (κ2) is 7.40. The zero-order chi connectivity index (χ0) is 22.4. The maximum Gasteiger partial charge on any atom is 0.345 e. The molecule has 0 atom stereocenters. The van der Waals surface area contributed by atoms with E-state index in [1.807, 2.05) is 36.7 Å². The van der Waals surface area contributed by atoms with Gasteiger partial charge in [-0.25, -0.2) is 9.59 Å². The van der Waals surface area contributed by atoms with Crippen molar-refractivity contribution in [2.24, 2.45) is 7.05 Å². The number of ether oxygens (including phenoxy) is 1. The molecule has 1 aromatic heterocycles. The molecule has 3 aromatic carbocycles. The summed E-state index contributed by atoms with van der Waals surface area (Å²) in [5.74, 6) is -1.23. The van der Waals surface area contributed by atoms with E-state index in [0.717, 1.165) is 16.6 Å². The molecule has 0 aliphatic heterocycles. The lowest BCUT2D eigenvalue weighted by Gasteiger charge is -2.14. The van der Waals surface area contributed by atoms with Gasteiger partial charge in [-0.1, -0.05) is 11.6 Å². The number of phenolic OH excluding ortho intramolecular Hbond substituents is 1. The van der Waals surface area contributed by atoms with Crippen LogP contribution >= 0.6 is 0 Å². The topological polar surface area (TPSA) is 87.7 Å². The maximum atomic E-state index is 13.5. The summed E-state index contributed by atoms with van der Waals surface area (Å²) in [5.41, 5.74) is 4.21. The third-order valence-corrected chi connectivity index (χ3v) is 5.50. The molecule has 4 aromatic rings. The third kappa shape index (κ3) is 3.46. The van der Waals surface area contributed by atoms with Gasteiger partial charge in [0.25, 0.3) is 0 Å². The fourth-order valence-corrected chi connectivity index (χ4v) is 4.03. The molecule has 0 fully saturated rings. The van der Waals surface area contributed by atoms with Crippen molar-refractivity contribution in [1.82, 2.24) is 0 Å². The van der Waals surface area contributed by atoms with Crippen LogP contribution in [0.15, 0.2) is 48.5 Å². The second-order valence-corrected chi connectivity index (χ2v) is 7.79. The van der Waals surface area contributed by atoms with Crippen LogP contribution in [-0.2, 0) is 7.05 Å². The number of nitrogens with zero attached hydrogens (tertiary/aromatic N) is 1. The summed E-state index contributed by atoms with van der Waals surface area (Å²) in [6.07, 6.45) is 0. The van der Waals surface area contributed by atoms with Gasteiger partial charge in [0.1, 0.15) is 18.5 Å². The SMILES string of the molecule is Cc1ccc2c(c1)c(C(=O)Oc1c(C)cc(C(=O)O)cc1C)c1cc(O)ccc1[n+]2C. The summed E-state index contributed by atoms with van der Waals surface area (Å²) in [6, 6.07) is 13.7. The first-order valence-electron chi connectivity index (χ1n) is 9.79. The number of aromatic hydroxyl groups is 1. The minimum Gasteiger partial charge on any atom is -0.508 e. The van der Waals surface area contributed by atoms with E-state index in [2.05, 4.69) is 0 Å². The van der Waals surface area contributed by atoms with Crippen LogP contribution in [0.25, 0.3) is 21.8 Å². The van der Waals surface area contributed by atoms with Crippen molar-refractivity contribution in [3.05, 3.63) is 76.3 Å². The van der Waals surface area contributed by atoms with Crippen molar-refractivity contribution in [3.63, 3.8) is 0 Å². The van der Waals surface area contributed by atoms with Crippen LogP contribution in [0.1, 0.15) is 37.4 Å². The second-order valence-electron chi connectivity index (χ2n) is 7.79. The minimum absolute atomic E-state index is 0.0479. The van der Waals surface area contributed by atoms with E-state index in [1.54, 1.807) is 32.0 Å². The van der Waals surface area contributed by atoms with Gasteiger partial charge in [0, 0.05) is 12.1 Å². The van der Waals surface area contributed by atoms with E-state index in [-0.39, 0.29) is 11.3 Å². The molecule has 6 nitrogen and oxygen atoms in total. The molecule has 1 heterocycles. The summed E-state index contributed by atoms with van der Waals surface area (Å²) < 4.78 is 7.78. The molecule has 0 amide bonds. The highest BCUT2D eigenvalue weighted by molar-refractivity contribution is 6.13. The summed E-state index contributed by atoms with van der Waals surface area (Å²) in [7, 11) is 1.91. The summed E-state index contributed by atoms with van der Waals surface area (Å²) >= 11 is 0. The quantitative estimate of drug-likeness (QED) is 0.224. The number of esters is 1. The van der Waals surface area contributed by atoms with E-state index in [1.165, 1.54) is 12.1 Å². The highest BCUT2D eigenvalue weighted by Crippen LogP contribution is 2.31. The average molecular weight is 416 g/mol. The van der Waals surface area contributed by atoms with Crippen LogP contribution in [0.2, 0.25) is 0 Å². The standard InChI is InChI=1S/C25H21NO5/c1-13-5-7-20-18(9-13)22(19-12-17(27)6-8-21(19)26(20)4)25(30)31-23-14(2)10-16(24(28)29)11-15(23)3/h5-12H,1-4H3,(H-,27,28,29,30)/p+1. The Morgan fingerprint density at radius 1 is 0.871 bits per heavy atom. The molecule has 156 valence electrons. The summed E-state index contributed by atoms with van der Waals surface area (Å²) in [6.45, 7) is 5.36. The Morgan fingerprint density at radius 2 is 1.45 bits per heavy atom. The highest BCUT2D eigenvalue weighted by atomic mass is 16.5. The Labute approximate surface area is 178 Å². The zero-order valence-electron chi connectivity index (χ0n) is 17.7. The number of hydrogen-bond acceptors (Lipinski definition) is 4. The van der Waals surface area contributed by atoms with Crippen LogP contribution in [0.5, 0.6) is 11.5 Å². The first-order chi connectivity index (χ1) is 14.7. The molecule has 31 heavy (non-hydrogen) atoms. The molecule has 6 heteroatoms. The number of aryl methyl sites for hydroxylation is 4. The number of aromatic nitrogens is 1. The predicted octanol–water partition coefficient (Wildman–Crippen LogP) is 4.37. The average Bonchev–Trinajstić information content (AvgIpc) is 2.70. The van der Waals surface area contributed by atoms with Crippen molar-refractivity contribution in [1.29, 1.82) is 0 Å². The van der Waals surface area contributed by atoms with Gasteiger partial charge in [0.05, 0.1) is 21.9 Å². The van der Waals surface area contributed by atoms with Gasteiger partial charge < -0.3 is 14.9 Å².